The fourth-order valence-corrected chi connectivity index (χ4v) is 3.62. The maximum Gasteiger partial charge on any atom is 0.501 e. The van der Waals surface area contributed by atoms with E-state index >= 15 is 0 Å². The van der Waals surface area contributed by atoms with Crippen LogP contribution in [0.15, 0.2) is 58.6 Å². The number of imidazole rings is 1. The van der Waals surface area contributed by atoms with Crippen molar-refractivity contribution in [3.63, 3.8) is 0 Å². The number of aromatic nitrogens is 3. The Bertz CT molecular complexity index is 1200. The van der Waals surface area contributed by atoms with Crippen molar-refractivity contribution in [1.29, 1.82) is 0 Å². The number of sulfone groups is 1. The summed E-state index contributed by atoms with van der Waals surface area (Å²) in [7, 11) is -5.50. The molecule has 0 saturated heterocycles. The Kier molecular flexibility index (Phi) is 5.26. The number of aromatic hydroxyl groups is 1. The number of rotatable bonds is 5. The third-order valence-corrected chi connectivity index (χ3v) is 5.88. The lowest BCUT2D eigenvalue weighted by Gasteiger charge is -2.09. The minimum absolute atomic E-state index is 0.0258. The lowest BCUT2D eigenvalue weighted by Crippen LogP contribution is -2.24. The summed E-state index contributed by atoms with van der Waals surface area (Å²) in [6.07, 6.45) is 5.15. The van der Waals surface area contributed by atoms with Crippen molar-refractivity contribution in [2.75, 3.05) is 0 Å². The molecule has 0 aliphatic heterocycles. The Balaban J connectivity index is 1.98. The summed E-state index contributed by atoms with van der Waals surface area (Å²) in [5, 5.41) is 10.2. The normalized spacial score (nSPS) is 12.3. The molecule has 29 heavy (non-hydrogen) atoms. The number of hydrogen-bond donors (Lipinski definition) is 1. The van der Waals surface area contributed by atoms with Crippen molar-refractivity contribution < 1.29 is 26.7 Å². The van der Waals surface area contributed by atoms with Crippen molar-refractivity contribution in [1.82, 2.24) is 14.1 Å². The molecule has 7 nitrogen and oxygen atoms in total. The Morgan fingerprint density at radius 2 is 1.76 bits per heavy atom. The molecular formula is C18H16F3N3O4S. The summed E-state index contributed by atoms with van der Waals surface area (Å²) in [4.78, 5) is 15.8. The highest BCUT2D eigenvalue weighted by atomic mass is 32.2. The van der Waals surface area contributed by atoms with Gasteiger partial charge in [0.15, 0.2) is 0 Å². The van der Waals surface area contributed by atoms with E-state index in [-0.39, 0.29) is 12.2 Å². The van der Waals surface area contributed by atoms with Crippen LogP contribution >= 0.6 is 0 Å². The summed E-state index contributed by atoms with van der Waals surface area (Å²) in [5.41, 5.74) is -4.29. The van der Waals surface area contributed by atoms with E-state index in [0.717, 1.165) is 40.0 Å². The predicted octanol–water partition coefficient (Wildman–Crippen LogP) is 2.64. The Morgan fingerprint density at radius 1 is 1.10 bits per heavy atom. The zero-order valence-electron chi connectivity index (χ0n) is 15.1. The van der Waals surface area contributed by atoms with Crippen LogP contribution in [0.1, 0.15) is 18.1 Å². The molecule has 0 aliphatic carbocycles. The number of aryl methyl sites for hydroxylation is 1. The van der Waals surface area contributed by atoms with Gasteiger partial charge in [-0.2, -0.15) is 13.2 Å². The van der Waals surface area contributed by atoms with Crippen LogP contribution in [0.5, 0.6) is 5.88 Å². The van der Waals surface area contributed by atoms with Gasteiger partial charge in [-0.05, 0) is 47.9 Å². The van der Waals surface area contributed by atoms with Crippen molar-refractivity contribution in [2.24, 2.45) is 0 Å². The zero-order valence-corrected chi connectivity index (χ0v) is 15.9. The first-order valence-corrected chi connectivity index (χ1v) is 9.89. The first kappa shape index (κ1) is 20.6. The van der Waals surface area contributed by atoms with Crippen molar-refractivity contribution >= 4 is 9.84 Å². The molecule has 0 saturated carbocycles. The second kappa shape index (κ2) is 7.39. The molecule has 0 spiro atoms. The second-order valence-electron chi connectivity index (χ2n) is 6.17. The van der Waals surface area contributed by atoms with Crippen LogP contribution in [-0.4, -0.2) is 33.2 Å². The maximum absolute atomic E-state index is 12.7. The van der Waals surface area contributed by atoms with Gasteiger partial charge >= 0.3 is 11.2 Å². The largest absolute Gasteiger partial charge is 0.501 e. The Morgan fingerprint density at radius 3 is 2.34 bits per heavy atom. The first-order valence-electron chi connectivity index (χ1n) is 8.41. The van der Waals surface area contributed by atoms with Crippen molar-refractivity contribution in [3.8, 4) is 11.6 Å². The molecule has 3 aromatic rings. The third kappa shape index (κ3) is 3.77. The average molecular weight is 427 g/mol. The van der Waals surface area contributed by atoms with Gasteiger partial charge in [-0.3, -0.25) is 9.55 Å². The van der Waals surface area contributed by atoms with Crippen LogP contribution in [0, 0.1) is 0 Å². The minimum atomic E-state index is -5.50. The monoisotopic (exact) mass is 427 g/mol. The van der Waals surface area contributed by atoms with E-state index in [1.54, 1.807) is 18.5 Å². The van der Waals surface area contributed by atoms with E-state index in [4.69, 9.17) is 0 Å². The molecule has 0 aliphatic rings. The van der Waals surface area contributed by atoms with Crippen LogP contribution in [0.3, 0.4) is 0 Å². The van der Waals surface area contributed by atoms with Gasteiger partial charge < -0.3 is 5.11 Å². The molecule has 0 unspecified atom stereocenters. The van der Waals surface area contributed by atoms with E-state index in [9.17, 15) is 31.5 Å². The van der Waals surface area contributed by atoms with E-state index in [0.29, 0.717) is 6.42 Å². The van der Waals surface area contributed by atoms with E-state index in [1.807, 2.05) is 6.92 Å². The highest BCUT2D eigenvalue weighted by molar-refractivity contribution is 7.92. The number of halogens is 3. The lowest BCUT2D eigenvalue weighted by molar-refractivity contribution is -0.0436. The Labute approximate surface area is 163 Å². The fraction of sp³-hybridized carbons (Fsp3) is 0.222. The number of pyridine rings is 1. The smallest absolute Gasteiger partial charge is 0.493 e. The molecule has 11 heteroatoms. The number of alkyl halides is 3. The predicted molar refractivity (Wildman–Crippen MR) is 97.7 cm³/mol. The molecule has 0 radical (unpaired) electrons. The zero-order chi connectivity index (χ0) is 21.4. The summed E-state index contributed by atoms with van der Waals surface area (Å²) >= 11 is 0. The minimum Gasteiger partial charge on any atom is -0.493 e. The van der Waals surface area contributed by atoms with Crippen LogP contribution in [0.4, 0.5) is 13.2 Å². The highest BCUT2D eigenvalue weighted by Crippen LogP contribution is 2.30. The molecular weight excluding hydrogens is 411 g/mol. The molecule has 2 aromatic heterocycles. The molecule has 2 heterocycles. The van der Waals surface area contributed by atoms with Gasteiger partial charge in [-0.1, -0.05) is 6.92 Å². The number of benzene rings is 1. The Hall–Kier alpha value is -3.08. The topological polar surface area (TPSA) is 94.2 Å². The van der Waals surface area contributed by atoms with Gasteiger partial charge in [0.25, 0.3) is 9.84 Å². The summed E-state index contributed by atoms with van der Waals surface area (Å²) in [5.74, 6) is -0.437. The average Bonchev–Trinajstić information content (AvgIpc) is 2.94. The van der Waals surface area contributed by atoms with Gasteiger partial charge in [-0.15, -0.1) is 0 Å². The maximum atomic E-state index is 12.7. The molecule has 154 valence electrons. The van der Waals surface area contributed by atoms with Gasteiger partial charge in [0.05, 0.1) is 23.3 Å². The van der Waals surface area contributed by atoms with E-state index in [2.05, 4.69) is 4.98 Å². The van der Waals surface area contributed by atoms with Gasteiger partial charge in [0, 0.05) is 12.4 Å². The third-order valence-electron chi connectivity index (χ3n) is 4.37. The molecule has 0 atom stereocenters. The van der Waals surface area contributed by atoms with Gasteiger partial charge in [0.2, 0.25) is 5.88 Å². The molecule has 0 bridgehead atoms. The van der Waals surface area contributed by atoms with E-state index in [1.165, 1.54) is 10.8 Å². The molecule has 1 N–H and O–H groups in total. The molecule has 1 aromatic carbocycles. The number of nitrogens with zero attached hydrogens (tertiary/aromatic N) is 3. The summed E-state index contributed by atoms with van der Waals surface area (Å²) in [6.45, 7) is 2.09. The van der Waals surface area contributed by atoms with Crippen LogP contribution in [0.25, 0.3) is 5.69 Å². The number of hydrogen-bond acceptors (Lipinski definition) is 5. The summed E-state index contributed by atoms with van der Waals surface area (Å²) < 4.78 is 63.0. The molecule has 0 fully saturated rings. The molecule has 0 amide bonds. The van der Waals surface area contributed by atoms with Crippen LogP contribution < -0.4 is 5.69 Å². The second-order valence-corrected chi connectivity index (χ2v) is 8.12. The molecule has 3 rings (SSSR count). The fourth-order valence-electron chi connectivity index (χ4n) is 2.85. The van der Waals surface area contributed by atoms with Crippen molar-refractivity contribution in [3.05, 3.63) is 70.5 Å². The standard InChI is InChI=1S/C18H16F3N3O4S/c1-2-12-9-22-8-7-13(12)10-23-11-16(25)24(17(23)26)14-3-5-15(6-4-14)29(27,28)18(19,20)21/h3-9,11,25H,2,10H2,1H3. The summed E-state index contributed by atoms with van der Waals surface area (Å²) in [6, 6.07) is 5.26. The SMILES string of the molecule is CCc1cnccc1Cn1cc(O)n(-c2ccc(S(=O)(=O)C(F)(F)F)cc2)c1=O. The van der Waals surface area contributed by atoms with Gasteiger partial charge in [0.1, 0.15) is 0 Å². The highest BCUT2D eigenvalue weighted by Gasteiger charge is 2.46. The van der Waals surface area contributed by atoms with Crippen molar-refractivity contribution in [2.45, 2.75) is 30.3 Å². The quantitative estimate of drug-likeness (QED) is 0.676. The van der Waals surface area contributed by atoms with Gasteiger partial charge in [-0.25, -0.2) is 17.8 Å². The van der Waals surface area contributed by atoms with Crippen LogP contribution in [0.2, 0.25) is 0 Å². The lowest BCUT2D eigenvalue weighted by atomic mass is 10.1. The van der Waals surface area contributed by atoms with E-state index < -0.39 is 31.8 Å². The van der Waals surface area contributed by atoms with Crippen LogP contribution in [-0.2, 0) is 22.8 Å². The first-order chi connectivity index (χ1) is 13.6.